The number of hydrogen-bond acceptors (Lipinski definition) is 15. The zero-order valence-electron chi connectivity index (χ0n) is 54.7. The summed E-state index contributed by atoms with van der Waals surface area (Å²) in [5.41, 5.74) is 0. The lowest BCUT2D eigenvalue weighted by molar-refractivity contribution is -0.161. The molecule has 0 aromatic rings. The molecule has 0 spiro atoms. The summed E-state index contributed by atoms with van der Waals surface area (Å²) in [6, 6.07) is 0. The monoisotopic (exact) mass is 1250 g/mol. The molecule has 0 amide bonds. The second-order valence-corrected chi connectivity index (χ2v) is 27.0. The average Bonchev–Trinajstić information content (AvgIpc) is 3.58. The van der Waals surface area contributed by atoms with Gasteiger partial charge in [-0.2, -0.15) is 0 Å². The minimum absolute atomic E-state index is 0.105. The quantitative estimate of drug-likeness (QED) is 0.0222. The van der Waals surface area contributed by atoms with E-state index in [-0.39, 0.29) is 25.7 Å². The van der Waals surface area contributed by atoms with Gasteiger partial charge in [0, 0.05) is 25.7 Å². The van der Waals surface area contributed by atoms with Crippen molar-refractivity contribution in [1.29, 1.82) is 0 Å². The summed E-state index contributed by atoms with van der Waals surface area (Å²) in [7, 11) is -9.88. The summed E-state index contributed by atoms with van der Waals surface area (Å²) in [5, 5.41) is 10.5. The number of aliphatic hydroxyl groups is 1. The van der Waals surface area contributed by atoms with E-state index >= 15 is 0 Å². The van der Waals surface area contributed by atoms with Gasteiger partial charge in [0.2, 0.25) is 0 Å². The molecule has 3 N–H and O–H groups in total. The minimum atomic E-state index is -4.95. The SMILES string of the molecule is CCCCCCCCCCCCCCCCCCCCCC(=O)O[C@H](COC(=O)CCCCCCCCC(C)CC)COP(=O)(O)OC[C@@H](O)COP(=O)(O)OC[C@@H](COC(=O)CCCCCCCCC)OC(=O)CCCCCCCCCCC. The van der Waals surface area contributed by atoms with Gasteiger partial charge >= 0.3 is 39.5 Å². The number of esters is 4. The van der Waals surface area contributed by atoms with Gasteiger partial charge in [0.25, 0.3) is 0 Å². The van der Waals surface area contributed by atoms with Crippen LogP contribution in [0.3, 0.4) is 0 Å². The van der Waals surface area contributed by atoms with Crippen molar-refractivity contribution in [3.05, 3.63) is 0 Å². The van der Waals surface area contributed by atoms with E-state index in [4.69, 9.17) is 37.0 Å². The number of aliphatic hydroxyl groups excluding tert-OH is 1. The maximum Gasteiger partial charge on any atom is 0.472 e. The van der Waals surface area contributed by atoms with Crippen molar-refractivity contribution in [3.8, 4) is 0 Å². The molecular weight excluding hydrogens is 1130 g/mol. The molecular formula is C66H128O17P2. The molecule has 0 aliphatic carbocycles. The molecule has 0 saturated carbocycles. The number of phosphoric acid groups is 2. The van der Waals surface area contributed by atoms with Crippen molar-refractivity contribution in [2.24, 2.45) is 5.92 Å². The van der Waals surface area contributed by atoms with Gasteiger partial charge in [-0.15, -0.1) is 0 Å². The first-order valence-electron chi connectivity index (χ1n) is 34.7. The van der Waals surface area contributed by atoms with Gasteiger partial charge in [0.15, 0.2) is 12.2 Å². The summed E-state index contributed by atoms with van der Waals surface area (Å²) in [5.74, 6) is -1.41. The van der Waals surface area contributed by atoms with E-state index in [1.54, 1.807) is 0 Å². The number of unbranched alkanes of at least 4 members (excludes halogenated alkanes) is 37. The summed E-state index contributed by atoms with van der Waals surface area (Å²) in [4.78, 5) is 72.1. The highest BCUT2D eigenvalue weighted by Gasteiger charge is 2.30. The van der Waals surface area contributed by atoms with Crippen LogP contribution in [0.2, 0.25) is 0 Å². The molecule has 0 heterocycles. The first-order chi connectivity index (χ1) is 41.1. The molecule has 0 radical (unpaired) electrons. The van der Waals surface area contributed by atoms with Crippen LogP contribution < -0.4 is 0 Å². The van der Waals surface area contributed by atoms with E-state index in [0.29, 0.717) is 25.7 Å². The number of carbonyl (C=O) groups is 4. The molecule has 0 saturated heterocycles. The Labute approximate surface area is 517 Å². The number of hydrogen-bond donors (Lipinski definition) is 3. The Kier molecular flexibility index (Phi) is 58.3. The van der Waals surface area contributed by atoms with Crippen LogP contribution in [0, 0.1) is 5.92 Å². The van der Waals surface area contributed by atoms with Crippen molar-refractivity contribution in [1.82, 2.24) is 0 Å². The highest BCUT2D eigenvalue weighted by molar-refractivity contribution is 7.47. The van der Waals surface area contributed by atoms with Gasteiger partial charge in [0.1, 0.15) is 19.3 Å². The molecule has 6 atom stereocenters. The molecule has 0 rings (SSSR count). The Morgan fingerprint density at radius 1 is 0.329 bits per heavy atom. The van der Waals surface area contributed by atoms with E-state index in [1.807, 2.05) is 0 Å². The highest BCUT2D eigenvalue weighted by Crippen LogP contribution is 2.45. The predicted octanol–water partition coefficient (Wildman–Crippen LogP) is 18.6. The fourth-order valence-corrected chi connectivity index (χ4v) is 11.5. The smallest absolute Gasteiger partial charge is 0.462 e. The average molecular weight is 1260 g/mol. The van der Waals surface area contributed by atoms with Crippen LogP contribution in [0.15, 0.2) is 0 Å². The molecule has 19 heteroatoms. The Morgan fingerprint density at radius 3 is 0.835 bits per heavy atom. The number of carbonyl (C=O) groups excluding carboxylic acids is 4. The van der Waals surface area contributed by atoms with Crippen molar-refractivity contribution >= 4 is 39.5 Å². The standard InChI is InChI=1S/C66H128O17P2/c1-6-10-13-16-19-21-22-23-24-25-26-27-28-29-30-32-35-42-47-52-66(71)83-62(56-77-64(69)50-45-40-37-36-38-43-48-59(5)9-4)58-81-85(74,75)79-54-60(67)53-78-84(72,73)80-57-61(55-76-63(68)49-44-39-33-18-15-12-8-3)82-65(70)51-46-41-34-31-20-17-14-11-7-2/h59-62,67H,6-58H2,1-5H3,(H,72,73)(H,74,75)/t59?,60-,61+,62+/m0/s1. The Balaban J connectivity index is 5.14. The van der Waals surface area contributed by atoms with Crippen LogP contribution in [0.5, 0.6) is 0 Å². The van der Waals surface area contributed by atoms with E-state index in [1.165, 1.54) is 141 Å². The second-order valence-electron chi connectivity index (χ2n) is 24.1. The predicted molar refractivity (Wildman–Crippen MR) is 340 cm³/mol. The number of rotatable bonds is 66. The third-order valence-corrected chi connectivity index (χ3v) is 17.5. The van der Waals surface area contributed by atoms with Gasteiger partial charge in [-0.05, 0) is 31.6 Å². The van der Waals surface area contributed by atoms with Crippen LogP contribution in [0.25, 0.3) is 0 Å². The summed E-state index contributed by atoms with van der Waals surface area (Å²) in [6.07, 6.45) is 44.7. The van der Waals surface area contributed by atoms with Crippen molar-refractivity contribution < 1.29 is 80.2 Å². The molecule has 0 fully saturated rings. The third kappa shape index (κ3) is 59.5. The summed E-state index contributed by atoms with van der Waals surface area (Å²) < 4.78 is 67.9. The molecule has 0 aliphatic rings. The third-order valence-electron chi connectivity index (χ3n) is 15.6. The van der Waals surface area contributed by atoms with Crippen LogP contribution in [0.4, 0.5) is 0 Å². The number of phosphoric ester groups is 2. The molecule has 17 nitrogen and oxygen atoms in total. The van der Waals surface area contributed by atoms with Crippen LogP contribution in [-0.4, -0.2) is 96.7 Å². The Bertz CT molecular complexity index is 1650. The maximum absolute atomic E-state index is 13.0. The molecule has 504 valence electrons. The lowest BCUT2D eigenvalue weighted by atomic mass is 10.00. The topological polar surface area (TPSA) is 237 Å². The highest BCUT2D eigenvalue weighted by atomic mass is 31.2. The van der Waals surface area contributed by atoms with Crippen LogP contribution in [0.1, 0.15) is 336 Å². The van der Waals surface area contributed by atoms with Crippen molar-refractivity contribution in [2.45, 2.75) is 355 Å². The van der Waals surface area contributed by atoms with Gasteiger partial charge < -0.3 is 33.8 Å². The lowest BCUT2D eigenvalue weighted by Gasteiger charge is -2.21. The van der Waals surface area contributed by atoms with Gasteiger partial charge in [0.05, 0.1) is 26.4 Å². The zero-order valence-corrected chi connectivity index (χ0v) is 56.5. The maximum atomic E-state index is 13.0. The Hall–Kier alpha value is -1.94. The molecule has 85 heavy (non-hydrogen) atoms. The van der Waals surface area contributed by atoms with Gasteiger partial charge in [-0.3, -0.25) is 37.3 Å². The summed E-state index contributed by atoms with van der Waals surface area (Å²) >= 11 is 0. The van der Waals surface area contributed by atoms with E-state index in [0.717, 1.165) is 115 Å². The normalized spacial score (nSPS) is 14.5. The summed E-state index contributed by atoms with van der Waals surface area (Å²) in [6.45, 7) is 7.11. The molecule has 3 unspecified atom stereocenters. The zero-order chi connectivity index (χ0) is 62.8. The fraction of sp³-hybridized carbons (Fsp3) is 0.939. The largest absolute Gasteiger partial charge is 0.472 e. The van der Waals surface area contributed by atoms with E-state index < -0.39 is 97.5 Å². The van der Waals surface area contributed by atoms with E-state index in [2.05, 4.69) is 34.6 Å². The Morgan fingerprint density at radius 2 is 0.565 bits per heavy atom. The lowest BCUT2D eigenvalue weighted by Crippen LogP contribution is -2.30. The first kappa shape index (κ1) is 83.1. The van der Waals surface area contributed by atoms with Crippen molar-refractivity contribution in [3.63, 3.8) is 0 Å². The molecule has 0 aliphatic heterocycles. The second kappa shape index (κ2) is 59.7. The molecule has 0 aromatic carbocycles. The van der Waals surface area contributed by atoms with Gasteiger partial charge in [-0.25, -0.2) is 9.13 Å². The number of ether oxygens (including phenoxy) is 4. The molecule has 0 aromatic heterocycles. The minimum Gasteiger partial charge on any atom is -0.462 e. The molecule has 0 bridgehead atoms. The van der Waals surface area contributed by atoms with Crippen molar-refractivity contribution in [2.75, 3.05) is 39.6 Å². The van der Waals surface area contributed by atoms with Crippen LogP contribution in [-0.2, 0) is 65.4 Å². The fourth-order valence-electron chi connectivity index (χ4n) is 9.90. The van der Waals surface area contributed by atoms with Gasteiger partial charge in [-0.1, -0.05) is 285 Å². The van der Waals surface area contributed by atoms with Crippen LogP contribution >= 0.6 is 15.6 Å². The first-order valence-corrected chi connectivity index (χ1v) is 37.7. The van der Waals surface area contributed by atoms with E-state index in [9.17, 15) is 43.2 Å².